The molecule has 0 saturated heterocycles. The molecule has 0 unspecified atom stereocenters. The first kappa shape index (κ1) is 20.7. The number of carbonyl (C=O) groups is 1. The maximum absolute atomic E-state index is 12.9. The Morgan fingerprint density at radius 1 is 1.17 bits per heavy atom. The van der Waals surface area contributed by atoms with Gasteiger partial charge in [0.25, 0.3) is 5.56 Å². The Balaban J connectivity index is 1.99. The van der Waals surface area contributed by atoms with Gasteiger partial charge in [-0.2, -0.15) is 0 Å². The van der Waals surface area contributed by atoms with Crippen molar-refractivity contribution < 1.29 is 4.79 Å². The molecule has 0 fully saturated rings. The smallest absolute Gasteiger partial charge is 0.332 e. The number of aryl methyl sites for hydroxylation is 1. The standard InChI is InChI=1S/C20H22ClN5O3/c1-3-11-22-14(27)10-7-12-26-19(28)16-18(25(2)20(26)29)24-17(21)15(23-16)13-8-5-4-6-9-13/h4-6,8-9H,3,7,10-12H2,1-2H3,(H,22,27). The maximum Gasteiger partial charge on any atom is 0.332 e. The second-order valence-corrected chi connectivity index (χ2v) is 7.01. The lowest BCUT2D eigenvalue weighted by molar-refractivity contribution is -0.121. The molecule has 9 heteroatoms. The normalized spacial score (nSPS) is 11.0. The van der Waals surface area contributed by atoms with Crippen LogP contribution >= 0.6 is 11.6 Å². The van der Waals surface area contributed by atoms with Gasteiger partial charge in [0.1, 0.15) is 5.69 Å². The molecule has 29 heavy (non-hydrogen) atoms. The van der Waals surface area contributed by atoms with Crippen LogP contribution in [0.25, 0.3) is 22.4 Å². The summed E-state index contributed by atoms with van der Waals surface area (Å²) in [6.45, 7) is 2.69. The predicted molar refractivity (Wildman–Crippen MR) is 112 cm³/mol. The Morgan fingerprint density at radius 3 is 2.59 bits per heavy atom. The summed E-state index contributed by atoms with van der Waals surface area (Å²) < 4.78 is 2.34. The first-order valence-corrected chi connectivity index (χ1v) is 9.81. The van der Waals surface area contributed by atoms with Crippen LogP contribution in [0, 0.1) is 0 Å². The minimum Gasteiger partial charge on any atom is -0.356 e. The molecule has 3 rings (SSSR count). The van der Waals surface area contributed by atoms with Gasteiger partial charge in [0.15, 0.2) is 16.3 Å². The summed E-state index contributed by atoms with van der Waals surface area (Å²) in [4.78, 5) is 46.0. The van der Waals surface area contributed by atoms with E-state index in [2.05, 4.69) is 15.3 Å². The van der Waals surface area contributed by atoms with Crippen molar-refractivity contribution in [2.45, 2.75) is 32.7 Å². The molecule has 3 aromatic rings. The zero-order valence-corrected chi connectivity index (χ0v) is 17.1. The van der Waals surface area contributed by atoms with Crippen LogP contribution in [0.4, 0.5) is 0 Å². The van der Waals surface area contributed by atoms with E-state index in [4.69, 9.17) is 11.6 Å². The van der Waals surface area contributed by atoms with Crippen molar-refractivity contribution in [2.75, 3.05) is 6.54 Å². The molecule has 1 N–H and O–H groups in total. The summed E-state index contributed by atoms with van der Waals surface area (Å²) in [5, 5.41) is 2.89. The molecule has 0 atom stereocenters. The molecule has 2 heterocycles. The van der Waals surface area contributed by atoms with Crippen molar-refractivity contribution >= 4 is 28.7 Å². The molecule has 0 aliphatic rings. The fourth-order valence-electron chi connectivity index (χ4n) is 3.00. The van der Waals surface area contributed by atoms with Crippen LogP contribution < -0.4 is 16.6 Å². The van der Waals surface area contributed by atoms with E-state index in [1.54, 1.807) is 0 Å². The lowest BCUT2D eigenvalue weighted by Gasteiger charge is -2.11. The van der Waals surface area contributed by atoms with Gasteiger partial charge in [-0.1, -0.05) is 48.9 Å². The molecule has 0 spiro atoms. The molecular weight excluding hydrogens is 394 g/mol. The van der Waals surface area contributed by atoms with Crippen molar-refractivity contribution in [3.63, 3.8) is 0 Å². The summed E-state index contributed by atoms with van der Waals surface area (Å²) in [7, 11) is 1.52. The zero-order valence-electron chi connectivity index (χ0n) is 16.3. The number of amides is 1. The van der Waals surface area contributed by atoms with Gasteiger partial charge in [0, 0.05) is 32.1 Å². The summed E-state index contributed by atoms with van der Waals surface area (Å²) in [6, 6.07) is 9.16. The maximum atomic E-state index is 12.9. The minimum atomic E-state index is -0.543. The van der Waals surface area contributed by atoms with Crippen molar-refractivity contribution in [1.82, 2.24) is 24.4 Å². The number of fused-ring (bicyclic) bond motifs is 1. The molecule has 2 aromatic heterocycles. The van der Waals surface area contributed by atoms with Crippen molar-refractivity contribution in [3.8, 4) is 11.3 Å². The van der Waals surface area contributed by atoms with Crippen molar-refractivity contribution in [3.05, 3.63) is 56.3 Å². The van der Waals surface area contributed by atoms with Gasteiger partial charge in [-0.15, -0.1) is 0 Å². The highest BCUT2D eigenvalue weighted by Gasteiger charge is 2.17. The van der Waals surface area contributed by atoms with E-state index in [0.717, 1.165) is 16.6 Å². The van der Waals surface area contributed by atoms with E-state index in [0.29, 0.717) is 18.7 Å². The quantitative estimate of drug-likeness (QED) is 0.637. The van der Waals surface area contributed by atoms with Gasteiger partial charge >= 0.3 is 5.69 Å². The lowest BCUT2D eigenvalue weighted by atomic mass is 10.1. The Kier molecular flexibility index (Phi) is 6.43. The van der Waals surface area contributed by atoms with Gasteiger partial charge in [-0.3, -0.25) is 18.7 Å². The van der Waals surface area contributed by atoms with Crippen LogP contribution in [0.3, 0.4) is 0 Å². The second kappa shape index (κ2) is 9.00. The average molecular weight is 416 g/mol. The van der Waals surface area contributed by atoms with Crippen molar-refractivity contribution in [1.29, 1.82) is 0 Å². The van der Waals surface area contributed by atoms with Gasteiger partial charge < -0.3 is 5.32 Å². The van der Waals surface area contributed by atoms with E-state index in [1.807, 2.05) is 37.3 Å². The molecular formula is C20H22ClN5O3. The van der Waals surface area contributed by atoms with Crippen LogP contribution in [0.2, 0.25) is 5.15 Å². The molecule has 0 radical (unpaired) electrons. The number of hydrogen-bond acceptors (Lipinski definition) is 5. The number of carbonyl (C=O) groups excluding carboxylic acids is 1. The third-order valence-electron chi connectivity index (χ3n) is 4.52. The summed E-state index contributed by atoms with van der Waals surface area (Å²) >= 11 is 6.27. The number of nitrogens with one attached hydrogen (secondary N) is 1. The minimum absolute atomic E-state index is 0.0609. The molecule has 1 amide bonds. The topological polar surface area (TPSA) is 98.9 Å². The molecule has 0 aliphatic carbocycles. The Hall–Kier alpha value is -3.00. The molecule has 0 bridgehead atoms. The average Bonchev–Trinajstić information content (AvgIpc) is 2.73. The number of hydrogen-bond donors (Lipinski definition) is 1. The van der Waals surface area contributed by atoms with Crippen LogP contribution in [0.5, 0.6) is 0 Å². The van der Waals surface area contributed by atoms with E-state index < -0.39 is 11.2 Å². The van der Waals surface area contributed by atoms with Crippen LogP contribution in [0.1, 0.15) is 26.2 Å². The first-order valence-electron chi connectivity index (χ1n) is 9.43. The van der Waals surface area contributed by atoms with Crippen LogP contribution in [-0.2, 0) is 18.4 Å². The highest BCUT2D eigenvalue weighted by Crippen LogP contribution is 2.25. The van der Waals surface area contributed by atoms with Gasteiger partial charge in [-0.25, -0.2) is 14.8 Å². The Morgan fingerprint density at radius 2 is 1.90 bits per heavy atom. The van der Waals surface area contributed by atoms with Gasteiger partial charge in [0.2, 0.25) is 5.91 Å². The van der Waals surface area contributed by atoms with E-state index in [1.165, 1.54) is 11.6 Å². The molecule has 0 saturated carbocycles. The van der Waals surface area contributed by atoms with Crippen molar-refractivity contribution in [2.24, 2.45) is 7.05 Å². The molecule has 8 nitrogen and oxygen atoms in total. The van der Waals surface area contributed by atoms with Crippen LogP contribution in [-0.4, -0.2) is 31.6 Å². The van der Waals surface area contributed by atoms with E-state index in [-0.39, 0.29) is 35.2 Å². The number of halogens is 1. The Bertz CT molecular complexity index is 1150. The SMILES string of the molecule is CCCNC(=O)CCCn1c(=O)c2nc(-c3ccccc3)c(Cl)nc2n(C)c1=O. The number of rotatable bonds is 7. The van der Waals surface area contributed by atoms with Crippen LogP contribution in [0.15, 0.2) is 39.9 Å². The highest BCUT2D eigenvalue weighted by molar-refractivity contribution is 6.32. The predicted octanol–water partition coefficient (Wildman–Crippen LogP) is 2.12. The second-order valence-electron chi connectivity index (χ2n) is 6.65. The zero-order chi connectivity index (χ0) is 21.0. The van der Waals surface area contributed by atoms with Gasteiger partial charge in [0.05, 0.1) is 0 Å². The molecule has 1 aromatic carbocycles. The lowest BCUT2D eigenvalue weighted by Crippen LogP contribution is -2.40. The first-order chi connectivity index (χ1) is 13.9. The Labute approximate surface area is 172 Å². The third-order valence-corrected chi connectivity index (χ3v) is 4.79. The van der Waals surface area contributed by atoms with Gasteiger partial charge in [-0.05, 0) is 12.8 Å². The summed E-state index contributed by atoms with van der Waals surface area (Å²) in [5.41, 5.74) is 0.223. The summed E-state index contributed by atoms with van der Waals surface area (Å²) in [5.74, 6) is -0.101. The molecule has 152 valence electrons. The number of nitrogens with zero attached hydrogens (tertiary/aromatic N) is 4. The van der Waals surface area contributed by atoms with E-state index in [9.17, 15) is 14.4 Å². The number of aromatic nitrogens is 4. The third kappa shape index (κ3) is 4.37. The summed E-state index contributed by atoms with van der Waals surface area (Å²) in [6.07, 6.45) is 1.44. The highest BCUT2D eigenvalue weighted by atomic mass is 35.5. The number of benzene rings is 1. The monoisotopic (exact) mass is 415 g/mol. The fourth-order valence-corrected chi connectivity index (χ4v) is 3.23. The molecule has 0 aliphatic heterocycles. The van der Waals surface area contributed by atoms with E-state index >= 15 is 0 Å². The fraction of sp³-hybridized carbons (Fsp3) is 0.350. The largest absolute Gasteiger partial charge is 0.356 e.